The molecule has 0 aliphatic heterocycles. The summed E-state index contributed by atoms with van der Waals surface area (Å²) in [5.41, 5.74) is 3.99. The van der Waals surface area contributed by atoms with Crippen molar-refractivity contribution in [3.05, 3.63) is 81.8 Å². The van der Waals surface area contributed by atoms with Crippen LogP contribution in [-0.4, -0.2) is 38.4 Å². The monoisotopic (exact) mass is 515 g/mol. The number of nitrogens with zero attached hydrogens (tertiary/aromatic N) is 1. The maximum atomic E-state index is 12.3. The van der Waals surface area contributed by atoms with E-state index in [-0.39, 0.29) is 23.3 Å². The zero-order valence-electron chi connectivity index (χ0n) is 19.0. The zero-order valence-corrected chi connectivity index (χ0v) is 20.5. The van der Waals surface area contributed by atoms with Crippen LogP contribution >= 0.6 is 23.2 Å². The van der Waals surface area contributed by atoms with E-state index in [0.717, 1.165) is 0 Å². The van der Waals surface area contributed by atoms with Crippen LogP contribution in [0.15, 0.2) is 65.8 Å². The predicted octanol–water partition coefficient (Wildman–Crippen LogP) is 5.18. The third-order valence-electron chi connectivity index (χ3n) is 4.52. The van der Waals surface area contributed by atoms with E-state index in [1.165, 1.54) is 13.3 Å². The molecule has 3 aromatic rings. The summed E-state index contributed by atoms with van der Waals surface area (Å²) in [6.45, 7) is 1.86. The van der Waals surface area contributed by atoms with Gasteiger partial charge in [0.05, 0.1) is 25.0 Å². The summed E-state index contributed by atoms with van der Waals surface area (Å²) in [7, 11) is 1.52. The molecule has 0 heterocycles. The van der Waals surface area contributed by atoms with Crippen LogP contribution in [0.4, 0.5) is 5.69 Å². The molecule has 0 unspecified atom stereocenters. The minimum Gasteiger partial charge on any atom is -0.497 e. The van der Waals surface area contributed by atoms with E-state index in [2.05, 4.69) is 15.8 Å². The number of hydrogen-bond acceptors (Lipinski definition) is 6. The molecule has 0 aromatic heterocycles. The van der Waals surface area contributed by atoms with E-state index in [9.17, 15) is 9.59 Å². The van der Waals surface area contributed by atoms with Gasteiger partial charge in [-0.15, -0.1) is 0 Å². The van der Waals surface area contributed by atoms with Crippen LogP contribution in [0.25, 0.3) is 0 Å². The first kappa shape index (κ1) is 25.9. The van der Waals surface area contributed by atoms with Gasteiger partial charge in [0.25, 0.3) is 11.8 Å². The van der Waals surface area contributed by atoms with Gasteiger partial charge in [-0.1, -0.05) is 29.3 Å². The van der Waals surface area contributed by atoms with Gasteiger partial charge in [-0.2, -0.15) is 5.10 Å². The molecule has 0 fully saturated rings. The summed E-state index contributed by atoms with van der Waals surface area (Å²) in [5, 5.41) is 7.47. The third kappa shape index (κ3) is 7.63. The third-order valence-corrected chi connectivity index (χ3v) is 5.05. The van der Waals surface area contributed by atoms with E-state index < -0.39 is 5.91 Å². The highest BCUT2D eigenvalue weighted by molar-refractivity contribution is 6.32. The quantitative estimate of drug-likeness (QED) is 0.286. The van der Waals surface area contributed by atoms with Crippen molar-refractivity contribution < 1.29 is 23.8 Å². The summed E-state index contributed by atoms with van der Waals surface area (Å²) in [6.07, 6.45) is 1.42. The van der Waals surface area contributed by atoms with Gasteiger partial charge in [-0.25, -0.2) is 5.43 Å². The molecule has 0 saturated carbocycles. The number of carbonyl (C=O) groups is 2. The molecule has 35 heavy (non-hydrogen) atoms. The lowest BCUT2D eigenvalue weighted by Gasteiger charge is -2.14. The zero-order chi connectivity index (χ0) is 25.2. The van der Waals surface area contributed by atoms with Crippen LogP contribution < -0.4 is 25.0 Å². The number of benzene rings is 3. The molecular weight excluding hydrogens is 493 g/mol. The maximum absolute atomic E-state index is 12.3. The van der Waals surface area contributed by atoms with Crippen molar-refractivity contribution in [1.29, 1.82) is 0 Å². The molecule has 8 nitrogen and oxygen atoms in total. The predicted molar refractivity (Wildman–Crippen MR) is 136 cm³/mol. The van der Waals surface area contributed by atoms with Crippen LogP contribution in [-0.2, 0) is 4.79 Å². The minimum absolute atomic E-state index is 0.218. The maximum Gasteiger partial charge on any atom is 0.271 e. The normalized spacial score (nSPS) is 10.6. The van der Waals surface area contributed by atoms with Gasteiger partial charge < -0.3 is 19.5 Å². The Morgan fingerprint density at radius 1 is 1.03 bits per heavy atom. The Morgan fingerprint density at radius 2 is 1.80 bits per heavy atom. The molecule has 0 spiro atoms. The molecule has 2 N–H and O–H groups in total. The molecule has 0 aliphatic carbocycles. The number of methoxy groups -OCH3 is 1. The van der Waals surface area contributed by atoms with Crippen molar-refractivity contribution in [2.45, 2.75) is 6.92 Å². The first-order valence-electron chi connectivity index (χ1n) is 10.5. The number of hydrogen-bond donors (Lipinski definition) is 2. The summed E-state index contributed by atoms with van der Waals surface area (Å²) < 4.78 is 16.4. The number of hydrazone groups is 1. The number of ether oxygens (including phenoxy) is 3. The van der Waals surface area contributed by atoms with Gasteiger partial charge in [-0.05, 0) is 67.1 Å². The highest BCUT2D eigenvalue weighted by Gasteiger charge is 2.14. The Kier molecular flexibility index (Phi) is 9.34. The number of rotatable bonds is 10. The second-order valence-electron chi connectivity index (χ2n) is 7.04. The number of amides is 2. The highest BCUT2D eigenvalue weighted by atomic mass is 35.5. The topological polar surface area (TPSA) is 98.2 Å². The average Bonchev–Trinajstić information content (AvgIpc) is 2.85. The summed E-state index contributed by atoms with van der Waals surface area (Å²) >= 11 is 12.2. The van der Waals surface area contributed by atoms with Crippen LogP contribution in [0.1, 0.15) is 22.8 Å². The van der Waals surface area contributed by atoms with Gasteiger partial charge >= 0.3 is 0 Å². The Bertz CT molecular complexity index is 1220. The molecule has 0 atom stereocenters. The molecule has 3 rings (SSSR count). The van der Waals surface area contributed by atoms with E-state index in [1.54, 1.807) is 67.6 Å². The van der Waals surface area contributed by atoms with Crippen LogP contribution in [0.2, 0.25) is 10.0 Å². The fourth-order valence-corrected chi connectivity index (χ4v) is 3.33. The molecular formula is C25H23Cl2N3O5. The van der Waals surface area contributed by atoms with E-state index in [1.807, 2.05) is 0 Å². The van der Waals surface area contributed by atoms with Crippen molar-refractivity contribution in [3.8, 4) is 17.2 Å². The van der Waals surface area contributed by atoms with Crippen LogP contribution in [0, 0.1) is 0 Å². The largest absolute Gasteiger partial charge is 0.497 e. The van der Waals surface area contributed by atoms with Crippen molar-refractivity contribution in [2.75, 3.05) is 25.6 Å². The summed E-state index contributed by atoms with van der Waals surface area (Å²) in [5.74, 6) is 0.337. The Morgan fingerprint density at radius 3 is 2.51 bits per heavy atom. The standard InChI is InChI=1S/C25H23Cl2N3O5/c1-3-34-22-12-16(14-28-30-25(32)17-5-4-6-20(13-17)33-2)11-21(27)24(22)35-15-23(31)29-19-9-7-18(26)8-10-19/h4-14H,3,15H2,1-2H3,(H,29,31)(H,30,32)/b28-14+. The van der Waals surface area contributed by atoms with E-state index in [4.69, 9.17) is 37.4 Å². The van der Waals surface area contributed by atoms with Crippen molar-refractivity contribution in [1.82, 2.24) is 5.43 Å². The lowest BCUT2D eigenvalue weighted by molar-refractivity contribution is -0.118. The molecule has 0 saturated heterocycles. The van der Waals surface area contributed by atoms with Gasteiger partial charge in [0.1, 0.15) is 5.75 Å². The fourth-order valence-electron chi connectivity index (χ4n) is 2.93. The molecule has 3 aromatic carbocycles. The van der Waals surface area contributed by atoms with Crippen molar-refractivity contribution >= 4 is 46.9 Å². The number of nitrogens with one attached hydrogen (secondary N) is 2. The van der Waals surface area contributed by atoms with Gasteiger partial charge in [-0.3, -0.25) is 9.59 Å². The van der Waals surface area contributed by atoms with Gasteiger partial charge in [0.2, 0.25) is 0 Å². The van der Waals surface area contributed by atoms with E-state index >= 15 is 0 Å². The Balaban J connectivity index is 1.65. The lowest BCUT2D eigenvalue weighted by atomic mass is 10.2. The van der Waals surface area contributed by atoms with Crippen LogP contribution in [0.3, 0.4) is 0 Å². The molecule has 0 radical (unpaired) electrons. The molecule has 10 heteroatoms. The SMILES string of the molecule is CCOc1cc(/C=N/NC(=O)c2cccc(OC)c2)cc(Cl)c1OCC(=O)Nc1ccc(Cl)cc1. The first-order valence-corrected chi connectivity index (χ1v) is 11.3. The average molecular weight is 516 g/mol. The number of carbonyl (C=O) groups excluding carboxylic acids is 2. The molecule has 182 valence electrons. The first-order chi connectivity index (χ1) is 16.9. The second kappa shape index (κ2) is 12.6. The Labute approximate surface area is 212 Å². The molecule has 0 bridgehead atoms. The van der Waals surface area contributed by atoms with Gasteiger partial charge in [0.15, 0.2) is 18.1 Å². The summed E-state index contributed by atoms with van der Waals surface area (Å²) in [4.78, 5) is 24.6. The molecule has 0 aliphatic rings. The lowest BCUT2D eigenvalue weighted by Crippen LogP contribution is -2.20. The van der Waals surface area contributed by atoms with Crippen molar-refractivity contribution in [2.24, 2.45) is 5.10 Å². The summed E-state index contributed by atoms with van der Waals surface area (Å²) in [6, 6.07) is 16.6. The minimum atomic E-state index is -0.400. The number of halogens is 2. The van der Waals surface area contributed by atoms with Gasteiger partial charge in [0, 0.05) is 16.3 Å². The second-order valence-corrected chi connectivity index (χ2v) is 7.88. The van der Waals surface area contributed by atoms with E-state index in [0.29, 0.717) is 39.9 Å². The fraction of sp³-hybridized carbons (Fsp3) is 0.160. The van der Waals surface area contributed by atoms with Crippen LogP contribution in [0.5, 0.6) is 17.2 Å². The van der Waals surface area contributed by atoms with Crippen molar-refractivity contribution in [3.63, 3.8) is 0 Å². The molecule has 2 amide bonds. The smallest absolute Gasteiger partial charge is 0.271 e. The number of anilines is 1. The Hall–Kier alpha value is -3.75. The highest BCUT2D eigenvalue weighted by Crippen LogP contribution is 2.36.